The molecule has 292 valence electrons. The summed E-state index contributed by atoms with van der Waals surface area (Å²) in [4.78, 5) is 5.21. The van der Waals surface area contributed by atoms with E-state index in [2.05, 4.69) is 207 Å². The number of benzene rings is 9. The molecule has 2 aliphatic carbocycles. The van der Waals surface area contributed by atoms with E-state index in [1.165, 1.54) is 123 Å². The van der Waals surface area contributed by atoms with E-state index in [-0.39, 0.29) is 5.41 Å². The third-order valence-electron chi connectivity index (χ3n) is 14.1. The van der Waals surface area contributed by atoms with Crippen molar-refractivity contribution in [1.82, 2.24) is 0 Å². The molecular formula is C58H37NS3. The van der Waals surface area contributed by atoms with Gasteiger partial charge in [-0.2, -0.15) is 0 Å². The summed E-state index contributed by atoms with van der Waals surface area (Å²) in [5.74, 6) is 0. The van der Waals surface area contributed by atoms with Gasteiger partial charge < -0.3 is 4.90 Å². The molecule has 0 bridgehead atoms. The van der Waals surface area contributed by atoms with Gasteiger partial charge in [-0.05, 0) is 122 Å². The van der Waals surface area contributed by atoms with Crippen LogP contribution in [0.5, 0.6) is 0 Å². The highest BCUT2D eigenvalue weighted by Gasteiger charge is 2.50. The molecule has 0 saturated heterocycles. The summed E-state index contributed by atoms with van der Waals surface area (Å²) in [6.07, 6.45) is 0. The normalized spacial score (nSPS) is 14.8. The molecule has 9 aromatic carbocycles. The van der Waals surface area contributed by atoms with Crippen molar-refractivity contribution in [2.45, 2.75) is 34.5 Å². The summed E-state index contributed by atoms with van der Waals surface area (Å²) >= 11 is 5.71. The Morgan fingerprint density at radius 1 is 0.371 bits per heavy atom. The molecule has 14 rings (SSSR count). The van der Waals surface area contributed by atoms with Crippen molar-refractivity contribution in [3.63, 3.8) is 0 Å². The monoisotopic (exact) mass is 843 g/mol. The van der Waals surface area contributed by atoms with E-state index in [1.807, 2.05) is 34.4 Å². The Morgan fingerprint density at radius 2 is 0.952 bits per heavy atom. The maximum atomic E-state index is 2.56. The third kappa shape index (κ3) is 4.54. The fraction of sp³-hybridized carbons (Fsp3) is 0.0690. The first kappa shape index (κ1) is 35.2. The van der Waals surface area contributed by atoms with Gasteiger partial charge in [0.25, 0.3) is 0 Å². The van der Waals surface area contributed by atoms with Gasteiger partial charge in [-0.3, -0.25) is 0 Å². The zero-order valence-electron chi connectivity index (χ0n) is 34.1. The van der Waals surface area contributed by atoms with Crippen LogP contribution in [0.1, 0.15) is 47.2 Å². The van der Waals surface area contributed by atoms with E-state index >= 15 is 0 Å². The summed E-state index contributed by atoms with van der Waals surface area (Å²) in [5, 5.41) is 5.24. The van der Waals surface area contributed by atoms with E-state index in [1.54, 1.807) is 0 Å². The Balaban J connectivity index is 1.04. The Kier molecular flexibility index (Phi) is 7.14. The van der Waals surface area contributed by atoms with Gasteiger partial charge in [0.15, 0.2) is 0 Å². The molecular weight excluding hydrogens is 807 g/mol. The van der Waals surface area contributed by atoms with E-state index in [4.69, 9.17) is 0 Å². The zero-order valence-corrected chi connectivity index (χ0v) is 36.5. The first-order valence-corrected chi connectivity index (χ1v) is 23.9. The van der Waals surface area contributed by atoms with Crippen LogP contribution in [0.25, 0.3) is 62.6 Å². The van der Waals surface area contributed by atoms with Gasteiger partial charge in [-0.1, -0.05) is 147 Å². The standard InChI is InChI=1S/C58H37NS3/c1-57(2)43-17-6-3-14-36(43)38-28-26-34(30-47(38)57)59(35-27-29-40-39-16-5-10-22-50(39)60-54(40)31-35)49-21-13-25-53-56(49)42-32-41-37-15-4-7-18-44(37)58(48(41)33-55(42)62-53)45-19-8-11-23-51(45)61-52-24-12-9-20-46(52)58/h3-33H,1-2H3. The Hall–Kier alpha value is -6.43. The molecule has 3 heterocycles. The van der Waals surface area contributed by atoms with E-state index in [0.29, 0.717) is 0 Å². The second kappa shape index (κ2) is 12.6. The maximum absolute atomic E-state index is 2.56. The summed E-state index contributed by atoms with van der Waals surface area (Å²) in [6.45, 7) is 4.77. The molecule has 0 fully saturated rings. The smallest absolute Gasteiger partial charge is 0.0735 e. The van der Waals surface area contributed by atoms with E-state index in [9.17, 15) is 0 Å². The van der Waals surface area contributed by atoms with Crippen LogP contribution >= 0.6 is 34.4 Å². The molecule has 3 aliphatic rings. The number of rotatable bonds is 3. The zero-order chi connectivity index (χ0) is 40.9. The fourth-order valence-electron chi connectivity index (χ4n) is 11.4. The Bertz CT molecular complexity index is 3690. The summed E-state index contributed by atoms with van der Waals surface area (Å²) < 4.78 is 5.24. The second-order valence-electron chi connectivity index (χ2n) is 17.6. The number of hydrogen-bond donors (Lipinski definition) is 0. The minimum Gasteiger partial charge on any atom is -0.310 e. The Labute approximate surface area is 372 Å². The predicted octanol–water partition coefficient (Wildman–Crippen LogP) is 17.0. The van der Waals surface area contributed by atoms with Crippen molar-refractivity contribution in [2.24, 2.45) is 0 Å². The number of nitrogens with zero attached hydrogens (tertiary/aromatic N) is 1. The molecule has 1 aliphatic heterocycles. The van der Waals surface area contributed by atoms with Crippen molar-refractivity contribution in [3.8, 4) is 22.3 Å². The number of fused-ring (bicyclic) bond motifs is 18. The van der Waals surface area contributed by atoms with Gasteiger partial charge >= 0.3 is 0 Å². The molecule has 0 N–H and O–H groups in total. The van der Waals surface area contributed by atoms with Gasteiger partial charge in [0, 0.05) is 66.9 Å². The lowest BCUT2D eigenvalue weighted by atomic mass is 9.67. The molecule has 4 heteroatoms. The van der Waals surface area contributed by atoms with Crippen LogP contribution in [0, 0.1) is 0 Å². The highest BCUT2D eigenvalue weighted by atomic mass is 32.2. The predicted molar refractivity (Wildman–Crippen MR) is 266 cm³/mol. The van der Waals surface area contributed by atoms with Crippen LogP contribution in [-0.4, -0.2) is 0 Å². The SMILES string of the molecule is CC1(C)c2ccccc2-c2ccc(N(c3ccc4c(c3)sc3ccccc34)c3cccc4sc5cc6c(cc5c34)-c3ccccc3C63c4ccccc4Sc4ccccc43)cc21. The largest absolute Gasteiger partial charge is 0.310 e. The second-order valence-corrected chi connectivity index (χ2v) is 20.8. The lowest BCUT2D eigenvalue weighted by Crippen LogP contribution is -2.31. The molecule has 0 atom stereocenters. The Morgan fingerprint density at radius 3 is 1.76 bits per heavy atom. The first-order valence-electron chi connectivity index (χ1n) is 21.4. The maximum Gasteiger partial charge on any atom is 0.0735 e. The quantitative estimate of drug-likeness (QED) is 0.174. The van der Waals surface area contributed by atoms with E-state index in [0.717, 1.165) is 0 Å². The minimum absolute atomic E-state index is 0.122. The first-order chi connectivity index (χ1) is 30.5. The van der Waals surface area contributed by atoms with Crippen molar-refractivity contribution >= 4 is 91.8 Å². The van der Waals surface area contributed by atoms with Crippen LogP contribution in [0.15, 0.2) is 198 Å². The highest BCUT2D eigenvalue weighted by Crippen LogP contribution is 2.63. The van der Waals surface area contributed by atoms with Crippen molar-refractivity contribution in [3.05, 3.63) is 221 Å². The molecule has 0 unspecified atom stereocenters. The topological polar surface area (TPSA) is 3.24 Å². The van der Waals surface area contributed by atoms with Crippen LogP contribution < -0.4 is 4.90 Å². The summed E-state index contributed by atoms with van der Waals surface area (Å²) in [7, 11) is 0. The number of thiophene rings is 2. The molecule has 0 radical (unpaired) electrons. The van der Waals surface area contributed by atoms with Crippen LogP contribution in [0.3, 0.4) is 0 Å². The highest BCUT2D eigenvalue weighted by molar-refractivity contribution is 7.99. The van der Waals surface area contributed by atoms with E-state index < -0.39 is 5.41 Å². The van der Waals surface area contributed by atoms with Gasteiger partial charge in [0.2, 0.25) is 0 Å². The lowest BCUT2D eigenvalue weighted by Gasteiger charge is -2.39. The van der Waals surface area contributed by atoms with Crippen molar-refractivity contribution in [1.29, 1.82) is 0 Å². The number of anilines is 3. The van der Waals surface area contributed by atoms with Gasteiger partial charge in [0.05, 0.1) is 11.1 Å². The van der Waals surface area contributed by atoms with Gasteiger partial charge in [-0.15, -0.1) is 22.7 Å². The average molecular weight is 844 g/mol. The summed E-state index contributed by atoms with van der Waals surface area (Å²) in [5.41, 5.74) is 16.6. The molecule has 62 heavy (non-hydrogen) atoms. The molecule has 0 saturated carbocycles. The molecule has 1 nitrogen and oxygen atoms in total. The fourth-order valence-corrected chi connectivity index (χ4v) is 14.9. The van der Waals surface area contributed by atoms with Crippen LogP contribution in [-0.2, 0) is 10.8 Å². The lowest BCUT2D eigenvalue weighted by molar-refractivity contribution is 0.660. The van der Waals surface area contributed by atoms with Crippen molar-refractivity contribution in [2.75, 3.05) is 4.90 Å². The average Bonchev–Trinajstić information content (AvgIpc) is 4.02. The molecule has 2 aromatic heterocycles. The van der Waals surface area contributed by atoms with Gasteiger partial charge in [0.1, 0.15) is 0 Å². The molecule has 0 amide bonds. The summed E-state index contributed by atoms with van der Waals surface area (Å²) in [6, 6.07) is 71.5. The molecule has 11 aromatic rings. The van der Waals surface area contributed by atoms with Crippen molar-refractivity contribution < 1.29 is 0 Å². The van der Waals surface area contributed by atoms with Crippen LogP contribution in [0.2, 0.25) is 0 Å². The van der Waals surface area contributed by atoms with Crippen LogP contribution in [0.4, 0.5) is 17.1 Å². The minimum atomic E-state index is -0.405. The third-order valence-corrected chi connectivity index (χ3v) is 17.5. The molecule has 1 spiro atoms. The number of hydrogen-bond acceptors (Lipinski definition) is 4. The van der Waals surface area contributed by atoms with Gasteiger partial charge in [-0.25, -0.2) is 0 Å².